The molecule has 0 spiro atoms. The van der Waals surface area contributed by atoms with Crippen molar-refractivity contribution in [1.82, 2.24) is 0 Å². The second-order valence-corrected chi connectivity index (χ2v) is 16.1. The Hall–Kier alpha value is -4.22. The smallest absolute Gasteiger partial charge is 0.306 e. The van der Waals surface area contributed by atoms with Gasteiger partial charge in [0.05, 0.1) is 6.61 Å². The van der Waals surface area contributed by atoms with Crippen LogP contribution in [-0.2, 0) is 19.1 Å². The first-order valence-electron chi connectivity index (χ1n) is 25.4. The van der Waals surface area contributed by atoms with Crippen LogP contribution in [0.1, 0.15) is 194 Å². The quantitative estimate of drug-likeness (QED) is 0.0375. The molecule has 0 saturated carbocycles. The zero-order valence-corrected chi connectivity index (χ0v) is 40.7. The fraction of sp³-hybridized carbons (Fsp3) is 0.559. The number of hydrogen-bond donors (Lipinski definition) is 1. The van der Waals surface area contributed by atoms with E-state index >= 15 is 0 Å². The number of allylic oxidation sites excluding steroid dienone is 24. The minimum Gasteiger partial charge on any atom is -0.462 e. The number of aliphatic hydroxyl groups excluding tert-OH is 1. The van der Waals surface area contributed by atoms with Crippen molar-refractivity contribution in [3.05, 3.63) is 146 Å². The Morgan fingerprint density at radius 1 is 0.359 bits per heavy atom. The first kappa shape index (κ1) is 59.8. The fourth-order valence-corrected chi connectivity index (χ4v) is 6.38. The monoisotopic (exact) mass is 881 g/mol. The Labute approximate surface area is 393 Å². The fourth-order valence-electron chi connectivity index (χ4n) is 6.38. The third-order valence-corrected chi connectivity index (χ3v) is 10.1. The van der Waals surface area contributed by atoms with E-state index in [2.05, 4.69) is 160 Å². The van der Waals surface area contributed by atoms with Crippen LogP contribution in [0.4, 0.5) is 0 Å². The maximum Gasteiger partial charge on any atom is 0.306 e. The van der Waals surface area contributed by atoms with Crippen LogP contribution in [0.15, 0.2) is 146 Å². The number of rotatable bonds is 44. The van der Waals surface area contributed by atoms with Crippen LogP contribution < -0.4 is 0 Å². The molecule has 0 fully saturated rings. The summed E-state index contributed by atoms with van der Waals surface area (Å²) in [5.74, 6) is -0.659. The molecule has 358 valence electrons. The maximum atomic E-state index is 12.3. The molecule has 0 radical (unpaired) electrons. The van der Waals surface area contributed by atoms with E-state index in [-0.39, 0.29) is 25.2 Å². The molecule has 1 unspecified atom stereocenters. The molecule has 0 aliphatic carbocycles. The number of hydrogen-bond acceptors (Lipinski definition) is 5. The van der Waals surface area contributed by atoms with Gasteiger partial charge in [-0.2, -0.15) is 0 Å². The van der Waals surface area contributed by atoms with Gasteiger partial charge in [-0.05, 0) is 116 Å². The topological polar surface area (TPSA) is 72.8 Å². The second kappa shape index (κ2) is 53.1. The Balaban J connectivity index is 3.65. The molecule has 0 rings (SSSR count). The van der Waals surface area contributed by atoms with Crippen LogP contribution in [0, 0.1) is 0 Å². The molecule has 5 heteroatoms. The van der Waals surface area contributed by atoms with E-state index in [1.54, 1.807) is 0 Å². The summed E-state index contributed by atoms with van der Waals surface area (Å²) >= 11 is 0. The van der Waals surface area contributed by atoms with Gasteiger partial charge >= 0.3 is 11.9 Å². The molecule has 0 aliphatic rings. The van der Waals surface area contributed by atoms with E-state index in [1.165, 1.54) is 51.4 Å². The molecule has 0 aromatic carbocycles. The van der Waals surface area contributed by atoms with Crippen LogP contribution in [0.25, 0.3) is 0 Å². The zero-order valence-electron chi connectivity index (χ0n) is 40.7. The summed E-state index contributed by atoms with van der Waals surface area (Å²) in [4.78, 5) is 24.4. The van der Waals surface area contributed by atoms with Crippen molar-refractivity contribution in [2.75, 3.05) is 13.2 Å². The summed E-state index contributed by atoms with van der Waals surface area (Å²) in [7, 11) is 0. The Bertz CT molecular complexity index is 1410. The Morgan fingerprint density at radius 3 is 0.969 bits per heavy atom. The molecular formula is C59H92O5. The molecule has 0 heterocycles. The molecular weight excluding hydrogens is 789 g/mol. The predicted octanol–water partition coefficient (Wildman–Crippen LogP) is 17.1. The average molecular weight is 881 g/mol. The van der Waals surface area contributed by atoms with Crippen molar-refractivity contribution in [3.63, 3.8) is 0 Å². The van der Waals surface area contributed by atoms with Gasteiger partial charge in [0, 0.05) is 12.8 Å². The van der Waals surface area contributed by atoms with E-state index in [9.17, 15) is 14.7 Å². The van der Waals surface area contributed by atoms with Crippen molar-refractivity contribution in [2.45, 2.75) is 200 Å². The van der Waals surface area contributed by atoms with Crippen LogP contribution in [-0.4, -0.2) is 36.4 Å². The molecule has 0 aliphatic heterocycles. The van der Waals surface area contributed by atoms with Crippen LogP contribution >= 0.6 is 0 Å². The van der Waals surface area contributed by atoms with Crippen molar-refractivity contribution < 1.29 is 24.2 Å². The van der Waals surface area contributed by atoms with Gasteiger partial charge in [-0.15, -0.1) is 0 Å². The average Bonchev–Trinajstić information content (AvgIpc) is 3.30. The minimum atomic E-state index is -0.805. The molecule has 0 bridgehead atoms. The number of esters is 2. The lowest BCUT2D eigenvalue weighted by molar-refractivity contribution is -0.161. The van der Waals surface area contributed by atoms with Crippen LogP contribution in [0.2, 0.25) is 0 Å². The third kappa shape index (κ3) is 50.4. The first-order valence-corrected chi connectivity index (χ1v) is 25.4. The number of carbonyl (C=O) groups excluding carboxylic acids is 2. The van der Waals surface area contributed by atoms with E-state index in [0.29, 0.717) is 12.8 Å². The normalized spacial score (nSPS) is 13.5. The summed E-state index contributed by atoms with van der Waals surface area (Å²) in [5.41, 5.74) is 0. The van der Waals surface area contributed by atoms with E-state index in [0.717, 1.165) is 116 Å². The SMILES string of the molecule is CC/C=C\C/C=C\C/C=C\C/C=C\C/C=C\C/C=C\CCCCCCCCCCCCC(=O)OC(CO)COC(=O)CCCC/C=C\C/C=C\C/C=C\C/C=C\C/C=C\C/C=C\CC. The molecule has 5 nitrogen and oxygen atoms in total. The highest BCUT2D eigenvalue weighted by Crippen LogP contribution is 2.13. The van der Waals surface area contributed by atoms with Crippen molar-refractivity contribution in [2.24, 2.45) is 0 Å². The van der Waals surface area contributed by atoms with Gasteiger partial charge in [-0.1, -0.05) is 211 Å². The number of unbranched alkanes of at least 4 members (excludes halogenated alkanes) is 12. The Kier molecular flexibility index (Phi) is 49.6. The summed E-state index contributed by atoms with van der Waals surface area (Å²) < 4.78 is 10.6. The van der Waals surface area contributed by atoms with E-state index in [4.69, 9.17) is 9.47 Å². The zero-order chi connectivity index (χ0) is 46.3. The lowest BCUT2D eigenvalue weighted by Gasteiger charge is -2.15. The van der Waals surface area contributed by atoms with Crippen molar-refractivity contribution in [1.29, 1.82) is 0 Å². The molecule has 1 atom stereocenters. The van der Waals surface area contributed by atoms with Crippen LogP contribution in [0.3, 0.4) is 0 Å². The lowest BCUT2D eigenvalue weighted by atomic mass is 10.0. The van der Waals surface area contributed by atoms with Gasteiger partial charge in [-0.25, -0.2) is 0 Å². The number of aliphatic hydroxyl groups is 1. The van der Waals surface area contributed by atoms with Gasteiger partial charge in [0.2, 0.25) is 0 Å². The largest absolute Gasteiger partial charge is 0.462 e. The molecule has 0 saturated heterocycles. The molecule has 0 aromatic rings. The number of ether oxygens (including phenoxy) is 2. The summed E-state index contributed by atoms with van der Waals surface area (Å²) in [6.45, 7) is 3.86. The summed E-state index contributed by atoms with van der Waals surface area (Å²) in [6.07, 6.45) is 80.8. The highest BCUT2D eigenvalue weighted by molar-refractivity contribution is 5.70. The molecule has 1 N–H and O–H groups in total. The van der Waals surface area contributed by atoms with E-state index < -0.39 is 6.10 Å². The highest BCUT2D eigenvalue weighted by atomic mass is 16.6. The van der Waals surface area contributed by atoms with E-state index in [1.807, 2.05) is 0 Å². The number of carbonyl (C=O) groups is 2. The predicted molar refractivity (Wildman–Crippen MR) is 278 cm³/mol. The van der Waals surface area contributed by atoms with Crippen molar-refractivity contribution >= 4 is 11.9 Å². The Morgan fingerprint density at radius 2 is 0.625 bits per heavy atom. The van der Waals surface area contributed by atoms with Gasteiger partial charge < -0.3 is 14.6 Å². The lowest BCUT2D eigenvalue weighted by Crippen LogP contribution is -2.28. The highest BCUT2D eigenvalue weighted by Gasteiger charge is 2.16. The van der Waals surface area contributed by atoms with Gasteiger partial charge in [-0.3, -0.25) is 9.59 Å². The standard InChI is InChI=1S/C59H92O5/c1-3-5-7-9-11-13-15-17-19-21-23-25-26-27-28-29-30-31-32-34-36-38-40-42-44-46-48-50-52-54-59(62)64-57(55-60)56-63-58(61)53-51-49-47-45-43-41-39-37-35-33-24-22-20-18-16-14-12-10-8-6-4-2/h5-8,11-14,17-20,23-25,27-28,30-31,33,37,39,43,45,57,60H,3-4,9-10,15-16,21-22,26,29,32,34-36,38,40-42,44,46-56H2,1-2H3/b7-5-,8-6-,13-11-,14-12-,19-17-,20-18-,25-23-,28-27-,31-30-,33-24-,39-37-,45-43-. The maximum absolute atomic E-state index is 12.3. The van der Waals surface area contributed by atoms with Gasteiger partial charge in [0.1, 0.15) is 6.61 Å². The van der Waals surface area contributed by atoms with Gasteiger partial charge in [0.25, 0.3) is 0 Å². The van der Waals surface area contributed by atoms with Gasteiger partial charge in [0.15, 0.2) is 6.10 Å². The van der Waals surface area contributed by atoms with Crippen molar-refractivity contribution in [3.8, 4) is 0 Å². The molecule has 64 heavy (non-hydrogen) atoms. The molecule has 0 amide bonds. The molecule has 0 aromatic heterocycles. The summed E-state index contributed by atoms with van der Waals surface area (Å²) in [5, 5.41) is 9.63. The first-order chi connectivity index (χ1) is 31.6. The second-order valence-electron chi connectivity index (χ2n) is 16.1. The third-order valence-electron chi connectivity index (χ3n) is 10.1. The summed E-state index contributed by atoms with van der Waals surface area (Å²) in [6, 6.07) is 0. The minimum absolute atomic E-state index is 0.100. The van der Waals surface area contributed by atoms with Crippen LogP contribution in [0.5, 0.6) is 0 Å².